The van der Waals surface area contributed by atoms with Crippen molar-refractivity contribution in [3.8, 4) is 17.2 Å². The normalized spacial score (nSPS) is 24.3. The van der Waals surface area contributed by atoms with E-state index < -0.39 is 42.9 Å². The molecule has 5 heterocycles. The van der Waals surface area contributed by atoms with Gasteiger partial charge < -0.3 is 34.7 Å². The van der Waals surface area contributed by atoms with E-state index in [0.29, 0.717) is 49.3 Å². The van der Waals surface area contributed by atoms with Crippen molar-refractivity contribution in [1.82, 2.24) is 24.5 Å². The van der Waals surface area contributed by atoms with Crippen LogP contribution in [0, 0.1) is 27.3 Å². The van der Waals surface area contributed by atoms with E-state index >= 15 is 0 Å². The van der Waals surface area contributed by atoms with E-state index in [-0.39, 0.29) is 57.9 Å². The molecule has 18 heteroatoms. The first-order valence-corrected chi connectivity index (χ1v) is 25.7. The number of H-pyrrole nitrogens is 1. The number of rotatable bonds is 11. The van der Waals surface area contributed by atoms with Gasteiger partial charge in [0, 0.05) is 74.9 Å². The number of aliphatic hydroxyl groups is 1. The maximum atomic E-state index is 14.7. The SMILES string of the molecule is CC(C)c1ccccc1[C@@H]1CN(C)CCN1C1CC2(CCN(c3ccc(C(=O)NS(=O)(=O)c4cc5c(c([N+](=O)[O-])c4)N[C@@H](C4CCC(C)(O)CC4)CO5)c(Oc4cnc5[nH]cc(F)c5c4)c3)CC2)C1. The molecule has 5 aliphatic rings. The quantitative estimate of drug-likeness (QED) is 0.0728. The third-order valence-corrected chi connectivity index (χ3v) is 17.0. The highest BCUT2D eigenvalue weighted by atomic mass is 32.2. The number of hydrogen-bond acceptors (Lipinski definition) is 13. The number of carbonyl (C=O) groups is 1. The zero-order chi connectivity index (χ0) is 48.4. The number of piperazine rings is 1. The van der Waals surface area contributed by atoms with Crippen LogP contribution in [-0.2, 0) is 10.0 Å². The standard InChI is InChI=1S/C51H61FN8O8S/c1-31(2)37-7-5-6-8-38(37)44-29-57(4)19-20-59(44)34-25-51(26-34)15-17-58(18-16-51)33-9-10-39(45(21-33)68-35-22-40-41(52)28-54-48(40)53-27-35)49(61)56-69(65,66)36-23-43(60(63)64)47-46(24-36)67-30-42(55-47)32-11-13-50(3,62)14-12-32/h5-10,21-24,27-28,31-32,34,42,44,55,62H,11-20,25-26,29-30H2,1-4H3,(H,53,54)(H,56,61)/t32?,42-,44+,50?/m1/s1. The number of aromatic amines is 1. The van der Waals surface area contributed by atoms with Gasteiger partial charge in [-0.3, -0.25) is 19.8 Å². The lowest BCUT2D eigenvalue weighted by Crippen LogP contribution is -2.59. The molecule has 69 heavy (non-hydrogen) atoms. The summed E-state index contributed by atoms with van der Waals surface area (Å²) in [5.74, 6) is -0.935. The van der Waals surface area contributed by atoms with Gasteiger partial charge in [0.15, 0.2) is 11.4 Å². The summed E-state index contributed by atoms with van der Waals surface area (Å²) in [7, 11) is -2.50. The highest BCUT2D eigenvalue weighted by Crippen LogP contribution is 2.53. The molecule has 4 fully saturated rings. The van der Waals surface area contributed by atoms with Crippen molar-refractivity contribution in [2.75, 3.05) is 56.6 Å². The maximum Gasteiger partial charge on any atom is 0.297 e. The number of hydrogen-bond donors (Lipinski definition) is 4. The van der Waals surface area contributed by atoms with Gasteiger partial charge in [-0.1, -0.05) is 38.1 Å². The molecule has 0 radical (unpaired) electrons. The molecule has 366 valence electrons. The Morgan fingerprint density at radius 2 is 1.80 bits per heavy atom. The van der Waals surface area contributed by atoms with E-state index in [1.165, 1.54) is 41.7 Å². The monoisotopic (exact) mass is 964 g/mol. The zero-order valence-electron chi connectivity index (χ0n) is 39.5. The Morgan fingerprint density at radius 1 is 1.04 bits per heavy atom. The lowest BCUT2D eigenvalue weighted by Gasteiger charge is -2.58. The molecule has 16 nitrogen and oxygen atoms in total. The summed E-state index contributed by atoms with van der Waals surface area (Å²) in [6.45, 7) is 11.1. The van der Waals surface area contributed by atoms with E-state index in [1.807, 2.05) is 0 Å². The van der Waals surface area contributed by atoms with Crippen molar-refractivity contribution in [3.63, 3.8) is 0 Å². The van der Waals surface area contributed by atoms with E-state index in [2.05, 4.69) is 79.9 Å². The van der Waals surface area contributed by atoms with Crippen LogP contribution in [0.3, 0.4) is 0 Å². The Hall–Kier alpha value is -5.82. The zero-order valence-corrected chi connectivity index (χ0v) is 40.4. The molecule has 10 rings (SSSR count). The number of sulfonamides is 1. The topological polar surface area (TPSA) is 195 Å². The molecule has 4 N–H and O–H groups in total. The number of anilines is 2. The minimum atomic E-state index is -4.72. The summed E-state index contributed by atoms with van der Waals surface area (Å²) < 4.78 is 57.0. The summed E-state index contributed by atoms with van der Waals surface area (Å²) in [6, 6.07) is 18.0. The van der Waals surface area contributed by atoms with Crippen LogP contribution in [0.15, 0.2) is 78.0 Å². The van der Waals surface area contributed by atoms with E-state index in [4.69, 9.17) is 9.47 Å². The van der Waals surface area contributed by atoms with Gasteiger partial charge in [-0.05, 0) is 112 Å². The van der Waals surface area contributed by atoms with Crippen LogP contribution in [0.4, 0.5) is 21.5 Å². The number of carbonyl (C=O) groups excluding carboxylic acids is 1. The first kappa shape index (κ1) is 46.9. The van der Waals surface area contributed by atoms with Gasteiger partial charge in [0.1, 0.15) is 29.6 Å². The highest BCUT2D eigenvalue weighted by molar-refractivity contribution is 7.90. The molecule has 3 aromatic carbocycles. The van der Waals surface area contributed by atoms with Gasteiger partial charge in [-0.25, -0.2) is 22.5 Å². The minimum absolute atomic E-state index is 0.0169. The number of fused-ring (bicyclic) bond motifs is 2. The van der Waals surface area contributed by atoms with Gasteiger partial charge in [-0.15, -0.1) is 0 Å². The number of pyridine rings is 1. The molecule has 1 amide bonds. The summed E-state index contributed by atoms with van der Waals surface area (Å²) in [5.41, 5.74) is 2.81. The third-order valence-electron chi connectivity index (χ3n) is 15.7. The van der Waals surface area contributed by atoms with Crippen LogP contribution in [0.25, 0.3) is 11.0 Å². The number of nitrogens with one attached hydrogen (secondary N) is 3. The fraction of sp³-hybridized carbons (Fsp3) is 0.490. The van der Waals surface area contributed by atoms with Crippen LogP contribution in [0.1, 0.15) is 106 Å². The number of benzene rings is 3. The Bertz CT molecular complexity index is 2880. The second-order valence-electron chi connectivity index (χ2n) is 20.7. The van der Waals surface area contributed by atoms with Gasteiger partial charge in [-0.2, -0.15) is 0 Å². The molecule has 2 aliphatic carbocycles. The second kappa shape index (κ2) is 18.2. The van der Waals surface area contributed by atoms with E-state index in [0.717, 1.165) is 70.2 Å². The van der Waals surface area contributed by atoms with Crippen molar-refractivity contribution in [2.45, 2.75) is 107 Å². The first-order valence-electron chi connectivity index (χ1n) is 24.2. The Balaban J connectivity index is 0.865. The Labute approximate surface area is 401 Å². The fourth-order valence-electron chi connectivity index (χ4n) is 11.6. The predicted molar refractivity (Wildman–Crippen MR) is 260 cm³/mol. The number of halogens is 1. The molecule has 1 spiro atoms. The number of likely N-dealkylation sites (N-methyl/N-ethyl adjacent to an activating group) is 1. The Morgan fingerprint density at radius 3 is 2.54 bits per heavy atom. The molecule has 2 saturated carbocycles. The number of nitro benzene ring substituents is 1. The van der Waals surface area contributed by atoms with Crippen LogP contribution in [0.5, 0.6) is 17.2 Å². The number of piperidine rings is 1. The van der Waals surface area contributed by atoms with Gasteiger partial charge in [0.2, 0.25) is 0 Å². The number of aromatic nitrogens is 2. The predicted octanol–water partition coefficient (Wildman–Crippen LogP) is 8.50. The summed E-state index contributed by atoms with van der Waals surface area (Å²) in [6.07, 6.45) is 9.39. The summed E-state index contributed by atoms with van der Waals surface area (Å²) in [4.78, 5) is 39.8. The number of ether oxygens (including phenoxy) is 2. The molecule has 3 aliphatic heterocycles. The van der Waals surface area contributed by atoms with E-state index in [1.54, 1.807) is 19.1 Å². The van der Waals surface area contributed by atoms with Crippen LogP contribution >= 0.6 is 0 Å². The minimum Gasteiger partial charge on any atom is -0.489 e. The molecule has 5 aromatic rings. The maximum absolute atomic E-state index is 14.7. The summed E-state index contributed by atoms with van der Waals surface area (Å²) >= 11 is 0. The number of nitro groups is 1. The van der Waals surface area contributed by atoms with Crippen molar-refractivity contribution in [3.05, 3.63) is 106 Å². The van der Waals surface area contributed by atoms with Crippen LogP contribution in [-0.4, -0.2) is 108 Å². The lowest BCUT2D eigenvalue weighted by molar-refractivity contribution is -0.384. The average molecular weight is 965 g/mol. The van der Waals surface area contributed by atoms with Crippen molar-refractivity contribution >= 4 is 44.0 Å². The van der Waals surface area contributed by atoms with Crippen molar-refractivity contribution < 1.29 is 37.1 Å². The fourth-order valence-corrected chi connectivity index (χ4v) is 12.6. The summed E-state index contributed by atoms with van der Waals surface area (Å²) in [5, 5.41) is 26.3. The molecule has 2 saturated heterocycles. The molecular formula is C51H61FN8O8S. The third kappa shape index (κ3) is 9.35. The molecule has 0 unspecified atom stereocenters. The van der Waals surface area contributed by atoms with Gasteiger partial charge in [0.25, 0.3) is 21.6 Å². The van der Waals surface area contributed by atoms with Crippen LogP contribution < -0.4 is 24.4 Å². The van der Waals surface area contributed by atoms with Gasteiger partial charge in [0.05, 0.1) is 38.6 Å². The Kier molecular flexibility index (Phi) is 12.3. The van der Waals surface area contributed by atoms with E-state index in [9.17, 15) is 32.8 Å². The number of amides is 1. The molecular weight excluding hydrogens is 904 g/mol. The van der Waals surface area contributed by atoms with Crippen molar-refractivity contribution in [2.24, 2.45) is 11.3 Å². The highest BCUT2D eigenvalue weighted by Gasteiger charge is 2.50. The second-order valence-corrected chi connectivity index (χ2v) is 22.4. The van der Waals surface area contributed by atoms with Crippen LogP contribution in [0.2, 0.25) is 0 Å². The average Bonchev–Trinajstić information content (AvgIpc) is 3.69. The smallest absolute Gasteiger partial charge is 0.297 e. The number of nitrogens with zero attached hydrogens (tertiary/aromatic N) is 5. The molecule has 2 aromatic heterocycles. The van der Waals surface area contributed by atoms with Crippen molar-refractivity contribution in [1.29, 1.82) is 0 Å². The molecule has 2 atom stereocenters. The van der Waals surface area contributed by atoms with Gasteiger partial charge >= 0.3 is 0 Å². The molecule has 0 bridgehead atoms. The first-order chi connectivity index (χ1) is 32.9. The largest absolute Gasteiger partial charge is 0.489 e. The lowest BCUT2D eigenvalue weighted by atomic mass is 9.59.